The van der Waals surface area contributed by atoms with Crippen LogP contribution in [0.1, 0.15) is 13.8 Å². The summed E-state index contributed by atoms with van der Waals surface area (Å²) < 4.78 is 42.4. The number of alkyl halides is 3. The number of nitrogens with zero attached hydrogens (tertiary/aromatic N) is 2. The number of ether oxygens (including phenoxy) is 1. The lowest BCUT2D eigenvalue weighted by molar-refractivity contribution is -0.274. The SMILES string of the molecule is CC(C)(OC1CN=CC(NN)=N1)C(F)(F)F. The quantitative estimate of drug-likeness (QED) is 0.547. The van der Waals surface area contributed by atoms with Crippen LogP contribution in [0.3, 0.4) is 0 Å². The summed E-state index contributed by atoms with van der Waals surface area (Å²) in [6.45, 7) is 1.93. The average Bonchev–Trinajstić information content (AvgIpc) is 2.15. The molecule has 0 aromatic carbocycles. The minimum absolute atomic E-state index is 0.0463. The highest BCUT2D eigenvalue weighted by molar-refractivity contribution is 6.29. The lowest BCUT2D eigenvalue weighted by Gasteiger charge is -2.31. The molecular weight excluding hydrogens is 225 g/mol. The topological polar surface area (TPSA) is 72.0 Å². The van der Waals surface area contributed by atoms with Crippen LogP contribution in [0.15, 0.2) is 9.98 Å². The van der Waals surface area contributed by atoms with Gasteiger partial charge < -0.3 is 10.2 Å². The van der Waals surface area contributed by atoms with Crippen LogP contribution in [0.4, 0.5) is 13.2 Å². The van der Waals surface area contributed by atoms with Crippen molar-refractivity contribution in [3.8, 4) is 0 Å². The molecule has 0 bridgehead atoms. The summed E-state index contributed by atoms with van der Waals surface area (Å²) in [6.07, 6.45) is -4.10. The van der Waals surface area contributed by atoms with E-state index in [9.17, 15) is 13.2 Å². The maximum atomic E-state index is 12.5. The number of aliphatic imine (C=N–C) groups is 2. The van der Waals surface area contributed by atoms with Gasteiger partial charge in [-0.2, -0.15) is 13.2 Å². The molecule has 0 spiro atoms. The number of nitrogens with one attached hydrogen (secondary N) is 1. The van der Waals surface area contributed by atoms with Gasteiger partial charge in [0.1, 0.15) is 0 Å². The van der Waals surface area contributed by atoms with E-state index >= 15 is 0 Å². The van der Waals surface area contributed by atoms with Crippen molar-refractivity contribution >= 4 is 12.1 Å². The van der Waals surface area contributed by atoms with Gasteiger partial charge in [0.2, 0.25) is 0 Å². The number of amidine groups is 1. The summed E-state index contributed by atoms with van der Waals surface area (Å²) in [5.74, 6) is 5.25. The Bertz CT molecular complexity index is 311. The van der Waals surface area contributed by atoms with Gasteiger partial charge in [-0.15, -0.1) is 0 Å². The van der Waals surface area contributed by atoms with E-state index < -0.39 is 18.0 Å². The van der Waals surface area contributed by atoms with Crippen molar-refractivity contribution in [2.24, 2.45) is 15.8 Å². The van der Waals surface area contributed by atoms with E-state index in [4.69, 9.17) is 10.6 Å². The van der Waals surface area contributed by atoms with Gasteiger partial charge in [-0.05, 0) is 13.8 Å². The van der Waals surface area contributed by atoms with E-state index in [-0.39, 0.29) is 12.4 Å². The van der Waals surface area contributed by atoms with Crippen LogP contribution in [0.2, 0.25) is 0 Å². The van der Waals surface area contributed by atoms with Crippen LogP contribution in [0.5, 0.6) is 0 Å². The largest absolute Gasteiger partial charge is 0.417 e. The normalized spacial score (nSPS) is 21.9. The number of hydrazine groups is 1. The average molecular weight is 238 g/mol. The Morgan fingerprint density at radius 3 is 2.62 bits per heavy atom. The molecule has 0 saturated carbocycles. The van der Waals surface area contributed by atoms with Gasteiger partial charge in [0.05, 0.1) is 12.8 Å². The summed E-state index contributed by atoms with van der Waals surface area (Å²) in [7, 11) is 0. The Morgan fingerprint density at radius 2 is 2.12 bits per heavy atom. The molecule has 3 N–H and O–H groups in total. The van der Waals surface area contributed by atoms with Crippen molar-refractivity contribution in [1.82, 2.24) is 5.43 Å². The molecule has 1 atom stereocenters. The van der Waals surface area contributed by atoms with E-state index in [1.807, 2.05) is 0 Å². The molecule has 92 valence electrons. The standard InChI is InChI=1S/C8H13F3N4O/c1-7(2,8(9,10)11)16-6-4-13-3-5(14-6)15-12/h3,6H,4,12H2,1-2H3,(H,14,15). The third kappa shape index (κ3) is 2.92. The first-order chi connectivity index (χ1) is 7.26. The summed E-state index contributed by atoms with van der Waals surface area (Å²) in [4.78, 5) is 7.59. The van der Waals surface area contributed by atoms with Crippen molar-refractivity contribution in [2.75, 3.05) is 6.54 Å². The van der Waals surface area contributed by atoms with Crippen molar-refractivity contribution in [3.05, 3.63) is 0 Å². The molecule has 16 heavy (non-hydrogen) atoms. The van der Waals surface area contributed by atoms with Crippen LogP contribution < -0.4 is 11.3 Å². The summed E-state index contributed by atoms with van der Waals surface area (Å²) >= 11 is 0. The Balaban J connectivity index is 2.69. The fourth-order valence-electron chi connectivity index (χ4n) is 1.00. The molecule has 0 aromatic heterocycles. The highest BCUT2D eigenvalue weighted by Crippen LogP contribution is 2.34. The lowest BCUT2D eigenvalue weighted by atomic mass is 10.1. The molecule has 1 aliphatic heterocycles. The van der Waals surface area contributed by atoms with Crippen molar-refractivity contribution in [2.45, 2.75) is 31.9 Å². The third-order valence-corrected chi connectivity index (χ3v) is 2.02. The van der Waals surface area contributed by atoms with E-state index in [1.165, 1.54) is 6.21 Å². The minimum atomic E-state index is -4.46. The van der Waals surface area contributed by atoms with Gasteiger partial charge in [0, 0.05) is 0 Å². The highest BCUT2D eigenvalue weighted by Gasteiger charge is 2.50. The third-order valence-electron chi connectivity index (χ3n) is 2.02. The van der Waals surface area contributed by atoms with Gasteiger partial charge in [-0.25, -0.2) is 10.8 Å². The Kier molecular flexibility index (Phi) is 3.54. The van der Waals surface area contributed by atoms with E-state index in [1.54, 1.807) is 0 Å². The first-order valence-corrected chi connectivity index (χ1v) is 4.55. The van der Waals surface area contributed by atoms with Crippen LogP contribution in [0, 0.1) is 0 Å². The molecule has 1 unspecified atom stereocenters. The van der Waals surface area contributed by atoms with Crippen LogP contribution in [0.25, 0.3) is 0 Å². The van der Waals surface area contributed by atoms with E-state index in [0.717, 1.165) is 13.8 Å². The van der Waals surface area contributed by atoms with Gasteiger partial charge in [0.25, 0.3) is 0 Å². The zero-order valence-corrected chi connectivity index (χ0v) is 8.88. The molecule has 0 aromatic rings. The fourth-order valence-corrected chi connectivity index (χ4v) is 1.00. The molecule has 8 heteroatoms. The molecule has 0 fully saturated rings. The number of nitrogens with two attached hydrogens (primary N) is 1. The summed E-state index contributed by atoms with van der Waals surface area (Å²) in [5, 5.41) is 0. The fraction of sp³-hybridized carbons (Fsp3) is 0.750. The van der Waals surface area contributed by atoms with E-state index in [2.05, 4.69) is 15.4 Å². The molecule has 0 saturated heterocycles. The molecule has 0 amide bonds. The lowest BCUT2D eigenvalue weighted by Crippen LogP contribution is -2.46. The molecule has 1 aliphatic rings. The molecule has 0 aliphatic carbocycles. The molecule has 1 heterocycles. The Labute approximate surface area is 90.5 Å². The van der Waals surface area contributed by atoms with Crippen LogP contribution >= 0.6 is 0 Å². The smallest absolute Gasteiger partial charge is 0.339 e. The number of hydrogen-bond acceptors (Lipinski definition) is 5. The van der Waals surface area contributed by atoms with Gasteiger partial charge in [-0.1, -0.05) is 0 Å². The molecular formula is C8H13F3N4O. The summed E-state index contributed by atoms with van der Waals surface area (Å²) in [6, 6.07) is 0. The second-order valence-electron chi connectivity index (χ2n) is 3.73. The van der Waals surface area contributed by atoms with Crippen molar-refractivity contribution < 1.29 is 17.9 Å². The van der Waals surface area contributed by atoms with Crippen LogP contribution in [-0.4, -0.2) is 36.6 Å². The molecule has 5 nitrogen and oxygen atoms in total. The first-order valence-electron chi connectivity index (χ1n) is 4.55. The predicted octanol–water partition coefficient (Wildman–Crippen LogP) is 0.616. The highest BCUT2D eigenvalue weighted by atomic mass is 19.4. The van der Waals surface area contributed by atoms with E-state index in [0.29, 0.717) is 0 Å². The maximum absolute atomic E-state index is 12.5. The van der Waals surface area contributed by atoms with Crippen molar-refractivity contribution in [3.63, 3.8) is 0 Å². The van der Waals surface area contributed by atoms with Crippen LogP contribution in [-0.2, 0) is 4.74 Å². The second-order valence-corrected chi connectivity index (χ2v) is 3.73. The molecule has 0 radical (unpaired) electrons. The number of rotatable bonds is 2. The second kappa shape index (κ2) is 4.38. The monoisotopic (exact) mass is 238 g/mol. The Morgan fingerprint density at radius 1 is 1.50 bits per heavy atom. The predicted molar refractivity (Wildman–Crippen MR) is 53.1 cm³/mol. The number of halogens is 3. The minimum Gasteiger partial charge on any atom is -0.339 e. The summed E-state index contributed by atoms with van der Waals surface area (Å²) in [5.41, 5.74) is -0.0723. The van der Waals surface area contributed by atoms with Gasteiger partial charge in [0.15, 0.2) is 17.7 Å². The maximum Gasteiger partial charge on any atom is 0.417 e. The molecule has 1 rings (SSSR count). The van der Waals surface area contributed by atoms with Gasteiger partial charge >= 0.3 is 6.18 Å². The number of hydrogen-bond donors (Lipinski definition) is 2. The van der Waals surface area contributed by atoms with Crippen molar-refractivity contribution in [1.29, 1.82) is 0 Å². The first kappa shape index (κ1) is 12.9. The zero-order chi connectivity index (χ0) is 12.4. The van der Waals surface area contributed by atoms with Gasteiger partial charge in [-0.3, -0.25) is 4.99 Å². The Hall–Kier alpha value is -1.15. The zero-order valence-electron chi connectivity index (χ0n) is 8.88.